The fourth-order valence-electron chi connectivity index (χ4n) is 2.67. The first-order valence-electron chi connectivity index (χ1n) is 7.15. The van der Waals surface area contributed by atoms with E-state index in [1.165, 1.54) is 0 Å². The molecule has 1 aliphatic rings. The Hall–Kier alpha value is -1.37. The van der Waals surface area contributed by atoms with Gasteiger partial charge in [-0.2, -0.15) is 13.2 Å². The number of rotatable bonds is 3. The summed E-state index contributed by atoms with van der Waals surface area (Å²) < 4.78 is 37.6. The van der Waals surface area contributed by atoms with Crippen molar-refractivity contribution in [3.05, 3.63) is 17.6 Å². The highest BCUT2D eigenvalue weighted by atomic mass is 19.4. The molecule has 1 unspecified atom stereocenters. The quantitative estimate of drug-likeness (QED) is 0.932. The van der Waals surface area contributed by atoms with Gasteiger partial charge < -0.3 is 10.0 Å². The molecule has 7 heteroatoms. The summed E-state index contributed by atoms with van der Waals surface area (Å²) in [6, 6.07) is 1.88. The molecule has 0 spiro atoms. The predicted molar refractivity (Wildman–Crippen MR) is 73.1 cm³/mol. The Morgan fingerprint density at radius 1 is 1.33 bits per heavy atom. The third-order valence-electron chi connectivity index (χ3n) is 3.89. The van der Waals surface area contributed by atoms with Gasteiger partial charge in [-0.1, -0.05) is 6.92 Å². The molecule has 1 N–H and O–H groups in total. The molecule has 1 atom stereocenters. The van der Waals surface area contributed by atoms with Crippen molar-refractivity contribution in [2.45, 2.75) is 45.4 Å². The van der Waals surface area contributed by atoms with Crippen LogP contribution in [0.5, 0.6) is 0 Å². The van der Waals surface area contributed by atoms with Crippen LogP contribution in [0.3, 0.4) is 0 Å². The van der Waals surface area contributed by atoms with Crippen LogP contribution in [0.25, 0.3) is 0 Å². The maximum absolute atomic E-state index is 12.5. The average molecular weight is 303 g/mol. The molecule has 1 aliphatic heterocycles. The van der Waals surface area contributed by atoms with Crippen LogP contribution in [-0.4, -0.2) is 40.4 Å². The van der Waals surface area contributed by atoms with Gasteiger partial charge in [0, 0.05) is 24.8 Å². The first-order chi connectivity index (χ1) is 9.81. The highest BCUT2D eigenvalue weighted by molar-refractivity contribution is 5.40. The highest BCUT2D eigenvalue weighted by Gasteiger charge is 2.44. The summed E-state index contributed by atoms with van der Waals surface area (Å²) in [5.41, 5.74) is 0.926. The molecule has 1 saturated heterocycles. The van der Waals surface area contributed by atoms with Gasteiger partial charge in [0.15, 0.2) is 6.10 Å². The van der Waals surface area contributed by atoms with Gasteiger partial charge in [0.2, 0.25) is 0 Å². The maximum Gasteiger partial charge on any atom is 0.414 e. The van der Waals surface area contributed by atoms with Crippen molar-refractivity contribution in [3.63, 3.8) is 0 Å². The molecule has 0 radical (unpaired) electrons. The standard InChI is InChI=1S/C14H20F3N3O/c1-3-11-8-12(19-9(2)18-11)20-6-4-10(5-7-20)13(21)14(15,16)17/h8,10,13,21H,3-7H2,1-2H3. The van der Waals surface area contributed by atoms with Crippen molar-refractivity contribution in [1.29, 1.82) is 0 Å². The number of aryl methyl sites for hydroxylation is 2. The Morgan fingerprint density at radius 2 is 1.95 bits per heavy atom. The fourth-order valence-corrected chi connectivity index (χ4v) is 2.67. The van der Waals surface area contributed by atoms with Crippen LogP contribution in [-0.2, 0) is 6.42 Å². The van der Waals surface area contributed by atoms with Gasteiger partial charge >= 0.3 is 6.18 Å². The number of aliphatic hydroxyl groups excluding tert-OH is 1. The molecule has 2 heterocycles. The summed E-state index contributed by atoms with van der Waals surface area (Å²) in [5.74, 6) is 0.705. The summed E-state index contributed by atoms with van der Waals surface area (Å²) in [4.78, 5) is 10.6. The minimum absolute atomic E-state index is 0.311. The molecular formula is C14H20F3N3O. The monoisotopic (exact) mass is 303 g/mol. The van der Waals surface area contributed by atoms with Crippen LogP contribution in [0.15, 0.2) is 6.07 Å². The Kier molecular flexibility index (Phi) is 4.70. The molecule has 0 aromatic carbocycles. The lowest BCUT2D eigenvalue weighted by molar-refractivity contribution is -0.221. The average Bonchev–Trinajstić information content (AvgIpc) is 2.45. The molecule has 4 nitrogen and oxygen atoms in total. The third-order valence-corrected chi connectivity index (χ3v) is 3.89. The van der Waals surface area contributed by atoms with Gasteiger partial charge in [-0.15, -0.1) is 0 Å². The van der Waals surface area contributed by atoms with Crippen LogP contribution in [0.4, 0.5) is 19.0 Å². The summed E-state index contributed by atoms with van der Waals surface area (Å²) >= 11 is 0. The van der Waals surface area contributed by atoms with Crippen molar-refractivity contribution in [2.24, 2.45) is 5.92 Å². The van der Waals surface area contributed by atoms with Crippen LogP contribution < -0.4 is 4.90 Å². The molecule has 21 heavy (non-hydrogen) atoms. The van der Waals surface area contributed by atoms with E-state index in [-0.39, 0.29) is 0 Å². The Balaban J connectivity index is 2.03. The normalized spacial score (nSPS) is 18.9. The van der Waals surface area contributed by atoms with Gasteiger partial charge in [-0.25, -0.2) is 9.97 Å². The van der Waals surface area contributed by atoms with Gasteiger partial charge in [0.25, 0.3) is 0 Å². The van der Waals surface area contributed by atoms with E-state index in [4.69, 9.17) is 0 Å². The Labute approximate surface area is 122 Å². The van der Waals surface area contributed by atoms with E-state index >= 15 is 0 Å². The molecule has 1 aromatic heterocycles. The second kappa shape index (κ2) is 6.17. The minimum Gasteiger partial charge on any atom is -0.383 e. The number of nitrogens with zero attached hydrogens (tertiary/aromatic N) is 3. The number of aliphatic hydroxyl groups is 1. The topological polar surface area (TPSA) is 49.2 Å². The largest absolute Gasteiger partial charge is 0.414 e. The Morgan fingerprint density at radius 3 is 2.48 bits per heavy atom. The fraction of sp³-hybridized carbons (Fsp3) is 0.714. The zero-order chi connectivity index (χ0) is 15.6. The van der Waals surface area contributed by atoms with Crippen molar-refractivity contribution in [3.8, 4) is 0 Å². The maximum atomic E-state index is 12.5. The van der Waals surface area contributed by atoms with Crippen molar-refractivity contribution < 1.29 is 18.3 Å². The van der Waals surface area contributed by atoms with E-state index in [0.717, 1.165) is 17.9 Å². The van der Waals surface area contributed by atoms with Gasteiger partial charge in [-0.3, -0.25) is 0 Å². The van der Waals surface area contributed by atoms with Crippen molar-refractivity contribution >= 4 is 5.82 Å². The number of hydrogen-bond donors (Lipinski definition) is 1. The number of aromatic nitrogens is 2. The van der Waals surface area contributed by atoms with Crippen LogP contribution in [0, 0.1) is 12.8 Å². The molecule has 0 saturated carbocycles. The van der Waals surface area contributed by atoms with E-state index in [2.05, 4.69) is 9.97 Å². The summed E-state index contributed by atoms with van der Waals surface area (Å²) in [6.07, 6.45) is -5.35. The Bertz CT molecular complexity index is 485. The van der Waals surface area contributed by atoms with Crippen molar-refractivity contribution in [1.82, 2.24) is 9.97 Å². The van der Waals surface area contributed by atoms with E-state index in [1.54, 1.807) is 0 Å². The van der Waals surface area contributed by atoms with E-state index in [9.17, 15) is 18.3 Å². The highest BCUT2D eigenvalue weighted by Crippen LogP contribution is 2.32. The smallest absolute Gasteiger partial charge is 0.383 e. The summed E-state index contributed by atoms with van der Waals surface area (Å²) in [6.45, 7) is 4.75. The minimum atomic E-state index is -4.53. The van der Waals surface area contributed by atoms with Crippen LogP contribution in [0.2, 0.25) is 0 Å². The molecule has 0 aliphatic carbocycles. The lowest BCUT2D eigenvalue weighted by atomic mass is 9.91. The first-order valence-corrected chi connectivity index (χ1v) is 7.15. The predicted octanol–water partition coefficient (Wildman–Crippen LogP) is 2.49. The van der Waals surface area contributed by atoms with Gasteiger partial charge in [-0.05, 0) is 32.1 Å². The lowest BCUT2D eigenvalue weighted by Crippen LogP contribution is -2.43. The first kappa shape index (κ1) is 16.0. The number of halogens is 3. The van der Waals surface area contributed by atoms with Crippen molar-refractivity contribution in [2.75, 3.05) is 18.0 Å². The second-order valence-electron chi connectivity index (χ2n) is 5.43. The molecular weight excluding hydrogens is 283 g/mol. The van der Waals surface area contributed by atoms with Gasteiger partial charge in [0.1, 0.15) is 11.6 Å². The molecule has 118 valence electrons. The third kappa shape index (κ3) is 3.84. The molecule has 1 aromatic rings. The molecule has 0 amide bonds. The molecule has 2 rings (SSSR count). The van der Waals surface area contributed by atoms with Crippen LogP contribution >= 0.6 is 0 Å². The number of piperidine rings is 1. The van der Waals surface area contributed by atoms with Gasteiger partial charge in [0.05, 0.1) is 0 Å². The molecule has 1 fully saturated rings. The SMILES string of the molecule is CCc1cc(N2CCC(C(O)C(F)(F)F)CC2)nc(C)n1. The number of anilines is 1. The summed E-state index contributed by atoms with van der Waals surface area (Å²) in [5, 5.41) is 9.32. The van der Waals surface area contributed by atoms with E-state index < -0.39 is 18.2 Å². The molecule has 0 bridgehead atoms. The zero-order valence-corrected chi connectivity index (χ0v) is 12.2. The van der Waals surface area contributed by atoms with Crippen LogP contribution in [0.1, 0.15) is 31.3 Å². The second-order valence-corrected chi connectivity index (χ2v) is 5.43. The number of alkyl halides is 3. The number of hydrogen-bond acceptors (Lipinski definition) is 4. The lowest BCUT2D eigenvalue weighted by Gasteiger charge is -2.35. The van der Waals surface area contributed by atoms with E-state index in [0.29, 0.717) is 31.8 Å². The van der Waals surface area contributed by atoms with E-state index in [1.807, 2.05) is 24.8 Å². The summed E-state index contributed by atoms with van der Waals surface area (Å²) in [7, 11) is 0. The zero-order valence-electron chi connectivity index (χ0n) is 12.2.